The number of ether oxygens (including phenoxy) is 2. The molecule has 3 heterocycles. The lowest BCUT2D eigenvalue weighted by molar-refractivity contribution is 0.174. The summed E-state index contributed by atoms with van der Waals surface area (Å²) in [6, 6.07) is 10.4. The number of benzene rings is 2. The fraction of sp³-hybridized carbons (Fsp3) is 0.0500. The van der Waals surface area contributed by atoms with Crippen LogP contribution < -0.4 is 20.7 Å². The molecule has 0 saturated heterocycles. The van der Waals surface area contributed by atoms with E-state index in [1.54, 1.807) is 24.4 Å². The molecule has 0 bridgehead atoms. The number of aliphatic imine (C=N–C) groups is 1. The summed E-state index contributed by atoms with van der Waals surface area (Å²) in [6.07, 6.45) is 3.10. The van der Waals surface area contributed by atoms with Crippen LogP contribution in [0.4, 0.5) is 5.69 Å². The third kappa shape index (κ3) is 2.87. The lowest BCUT2D eigenvalue weighted by Gasteiger charge is -2.11. The van der Waals surface area contributed by atoms with Crippen LogP contribution in [0.2, 0.25) is 0 Å². The van der Waals surface area contributed by atoms with E-state index in [0.29, 0.717) is 22.8 Å². The largest absolute Gasteiger partial charge is 0.494 e. The molecule has 9 heteroatoms. The van der Waals surface area contributed by atoms with Gasteiger partial charge in [0.2, 0.25) is 12.7 Å². The van der Waals surface area contributed by atoms with Gasteiger partial charge in [-0.15, -0.1) is 0 Å². The van der Waals surface area contributed by atoms with Gasteiger partial charge in [0.1, 0.15) is 5.56 Å². The van der Waals surface area contributed by atoms with Crippen molar-refractivity contribution in [2.45, 2.75) is 0 Å². The molecule has 8 nitrogen and oxygen atoms in total. The van der Waals surface area contributed by atoms with Crippen LogP contribution in [0.5, 0.6) is 17.4 Å². The molecule has 0 spiro atoms. The zero-order valence-corrected chi connectivity index (χ0v) is 16.3. The lowest BCUT2D eigenvalue weighted by atomic mass is 10.1. The van der Waals surface area contributed by atoms with Crippen molar-refractivity contribution >= 4 is 39.5 Å². The maximum atomic E-state index is 12.4. The van der Waals surface area contributed by atoms with Crippen molar-refractivity contribution in [2.75, 3.05) is 6.79 Å². The van der Waals surface area contributed by atoms with Gasteiger partial charge >= 0.3 is 5.69 Å². The molecule has 0 radical (unpaired) electrons. The monoisotopic (exact) mass is 453 g/mol. The second-order valence-electron chi connectivity index (χ2n) is 6.39. The van der Waals surface area contributed by atoms with Gasteiger partial charge in [-0.25, -0.2) is 9.36 Å². The second kappa shape index (κ2) is 6.49. The Morgan fingerprint density at radius 2 is 1.97 bits per heavy atom. The number of nitrogens with one attached hydrogen (secondary N) is 1. The number of H-pyrrole nitrogens is 1. The number of aromatic amines is 1. The molecule has 0 atom stereocenters. The van der Waals surface area contributed by atoms with E-state index in [-0.39, 0.29) is 12.4 Å². The first-order valence-corrected chi connectivity index (χ1v) is 9.34. The number of nitrogens with zero attached hydrogens (tertiary/aromatic N) is 2. The van der Waals surface area contributed by atoms with E-state index in [1.165, 1.54) is 6.08 Å². The van der Waals surface area contributed by atoms with Crippen LogP contribution in [0.25, 0.3) is 17.3 Å². The molecule has 0 saturated carbocycles. The summed E-state index contributed by atoms with van der Waals surface area (Å²) < 4.78 is 12.5. The third-order valence-electron chi connectivity index (χ3n) is 4.65. The first-order chi connectivity index (χ1) is 14.0. The Balaban J connectivity index is 1.68. The molecule has 29 heavy (non-hydrogen) atoms. The molecule has 0 amide bonds. The molecule has 2 N–H and O–H groups in total. The summed E-state index contributed by atoms with van der Waals surface area (Å²) in [5.41, 5.74) is 0.995. The maximum Gasteiger partial charge on any atom is 0.335 e. The SMILES string of the molecule is O=c1[nH]c(=O)n(-c2ccc3c(c2)OCO3)c(O)c1/C=C1\C=Nc2ccc(Br)cc21. The first-order valence-electron chi connectivity index (χ1n) is 8.55. The number of rotatable bonds is 2. The molecule has 2 aliphatic rings. The van der Waals surface area contributed by atoms with Gasteiger partial charge in [0.25, 0.3) is 5.56 Å². The van der Waals surface area contributed by atoms with Gasteiger partial charge in [-0.3, -0.25) is 14.8 Å². The fourth-order valence-electron chi connectivity index (χ4n) is 3.26. The smallest absolute Gasteiger partial charge is 0.335 e. The van der Waals surface area contributed by atoms with Gasteiger partial charge < -0.3 is 14.6 Å². The second-order valence-corrected chi connectivity index (χ2v) is 7.30. The molecule has 144 valence electrons. The van der Waals surface area contributed by atoms with Crippen LogP contribution in [-0.4, -0.2) is 27.7 Å². The molecular weight excluding hydrogens is 442 g/mol. The van der Waals surface area contributed by atoms with E-state index in [4.69, 9.17) is 9.47 Å². The molecule has 0 fully saturated rings. The average Bonchev–Trinajstić information content (AvgIpc) is 3.31. The lowest BCUT2D eigenvalue weighted by Crippen LogP contribution is -2.30. The minimum absolute atomic E-state index is 0.0588. The molecule has 2 aromatic carbocycles. The fourth-order valence-corrected chi connectivity index (χ4v) is 3.62. The summed E-state index contributed by atoms with van der Waals surface area (Å²) >= 11 is 3.42. The van der Waals surface area contributed by atoms with Crippen LogP contribution in [0.3, 0.4) is 0 Å². The standard InChI is InChI=1S/C20H12BrN3O5/c21-11-1-3-15-13(6-11)10(8-22-15)5-14-18(25)23-20(27)24(19(14)26)12-2-4-16-17(7-12)29-9-28-16/h1-8,26H,9H2,(H,23,25,27)/b10-5+. The van der Waals surface area contributed by atoms with E-state index < -0.39 is 17.1 Å². The van der Waals surface area contributed by atoms with Gasteiger partial charge in [0.05, 0.1) is 11.4 Å². The number of aromatic hydroxyl groups is 1. The number of fused-ring (bicyclic) bond motifs is 2. The predicted octanol–water partition coefficient (Wildman–Crippen LogP) is 2.98. The Kier molecular flexibility index (Phi) is 3.92. The van der Waals surface area contributed by atoms with Crippen molar-refractivity contribution in [3.05, 3.63) is 72.8 Å². The Labute approximate surface area is 171 Å². The van der Waals surface area contributed by atoms with Crippen molar-refractivity contribution in [3.8, 4) is 23.1 Å². The molecule has 0 aliphatic carbocycles. The van der Waals surface area contributed by atoms with Gasteiger partial charge in [0, 0.05) is 27.9 Å². The summed E-state index contributed by atoms with van der Waals surface area (Å²) in [6.45, 7) is 0.0803. The highest BCUT2D eigenvalue weighted by Crippen LogP contribution is 2.36. The molecular formula is C20H12BrN3O5. The normalized spacial score (nSPS) is 15.1. The number of halogens is 1. The minimum Gasteiger partial charge on any atom is -0.494 e. The highest BCUT2D eigenvalue weighted by atomic mass is 79.9. The number of hydrogen-bond acceptors (Lipinski definition) is 6. The van der Waals surface area contributed by atoms with Gasteiger partial charge in [0.15, 0.2) is 11.5 Å². The Morgan fingerprint density at radius 3 is 2.83 bits per heavy atom. The van der Waals surface area contributed by atoms with Gasteiger partial charge in [-0.05, 0) is 36.4 Å². The predicted molar refractivity (Wildman–Crippen MR) is 111 cm³/mol. The van der Waals surface area contributed by atoms with Crippen molar-refractivity contribution < 1.29 is 14.6 Å². The van der Waals surface area contributed by atoms with Crippen molar-refractivity contribution in [1.29, 1.82) is 0 Å². The van der Waals surface area contributed by atoms with Crippen molar-refractivity contribution in [3.63, 3.8) is 0 Å². The topological polar surface area (TPSA) is 106 Å². The van der Waals surface area contributed by atoms with E-state index in [9.17, 15) is 14.7 Å². The van der Waals surface area contributed by atoms with Gasteiger partial charge in [-0.2, -0.15) is 0 Å². The highest BCUT2D eigenvalue weighted by molar-refractivity contribution is 9.10. The maximum absolute atomic E-state index is 12.4. The molecule has 3 aromatic rings. The van der Waals surface area contributed by atoms with E-state index >= 15 is 0 Å². The summed E-state index contributed by atoms with van der Waals surface area (Å²) in [5, 5.41) is 10.8. The zero-order valence-electron chi connectivity index (χ0n) is 14.7. The van der Waals surface area contributed by atoms with E-state index in [0.717, 1.165) is 20.3 Å². The van der Waals surface area contributed by atoms with E-state index in [1.807, 2.05) is 18.2 Å². The summed E-state index contributed by atoms with van der Waals surface area (Å²) in [7, 11) is 0. The first kappa shape index (κ1) is 17.5. The van der Waals surface area contributed by atoms with Crippen LogP contribution in [0.1, 0.15) is 11.1 Å². The van der Waals surface area contributed by atoms with Crippen molar-refractivity contribution in [2.24, 2.45) is 4.99 Å². The number of allylic oxidation sites excluding steroid dienone is 1. The summed E-state index contributed by atoms with van der Waals surface area (Å²) in [5.74, 6) is 0.501. The van der Waals surface area contributed by atoms with Crippen LogP contribution in [0.15, 0.2) is 55.5 Å². The van der Waals surface area contributed by atoms with Crippen molar-refractivity contribution in [1.82, 2.24) is 9.55 Å². The number of aromatic nitrogens is 2. The average molecular weight is 454 g/mol. The molecule has 2 aliphatic heterocycles. The van der Waals surface area contributed by atoms with Crippen LogP contribution in [0, 0.1) is 0 Å². The Morgan fingerprint density at radius 1 is 1.14 bits per heavy atom. The highest BCUT2D eigenvalue weighted by Gasteiger charge is 2.20. The summed E-state index contributed by atoms with van der Waals surface area (Å²) in [4.78, 5) is 31.4. The van der Waals surface area contributed by atoms with Crippen LogP contribution in [-0.2, 0) is 0 Å². The molecule has 5 rings (SSSR count). The Bertz CT molecular complexity index is 1350. The zero-order chi connectivity index (χ0) is 20.1. The molecule has 0 unspecified atom stereocenters. The Hall–Kier alpha value is -3.59. The van der Waals surface area contributed by atoms with Gasteiger partial charge in [-0.1, -0.05) is 15.9 Å². The van der Waals surface area contributed by atoms with Crippen LogP contribution >= 0.6 is 15.9 Å². The van der Waals surface area contributed by atoms with E-state index in [2.05, 4.69) is 25.9 Å². The molecule has 1 aromatic heterocycles. The quantitative estimate of drug-likeness (QED) is 0.620. The minimum atomic E-state index is -0.767. The number of hydrogen-bond donors (Lipinski definition) is 2. The third-order valence-corrected chi connectivity index (χ3v) is 5.14.